The smallest absolute Gasteiger partial charge is 0.334 e. The number of ether oxygens (including phenoxy) is 1. The highest BCUT2D eigenvalue weighted by molar-refractivity contribution is 9.10. The van der Waals surface area contributed by atoms with Crippen LogP contribution in [-0.4, -0.2) is 40.5 Å². The van der Waals surface area contributed by atoms with Crippen molar-refractivity contribution >= 4 is 78.4 Å². The van der Waals surface area contributed by atoms with E-state index in [1.165, 1.54) is 9.80 Å². The molecule has 230 valence electrons. The van der Waals surface area contributed by atoms with Gasteiger partial charge in [-0.2, -0.15) is 0 Å². The number of hydrogen-bond donors (Lipinski definition) is 0. The van der Waals surface area contributed by atoms with Gasteiger partial charge in [0.25, 0.3) is 0 Å². The number of carbonyl (C=O) groups is 5. The summed E-state index contributed by atoms with van der Waals surface area (Å²) in [4.78, 5) is 75.2. The Morgan fingerprint density at radius 3 is 1.57 bits per heavy atom. The summed E-state index contributed by atoms with van der Waals surface area (Å²) in [6, 6.07) is 25.8. The van der Waals surface area contributed by atoms with E-state index in [4.69, 9.17) is 4.74 Å². The van der Waals surface area contributed by atoms with Gasteiger partial charge < -0.3 is 4.74 Å². The normalized spacial score (nSPS) is 30.1. The molecule has 5 aliphatic rings. The molecule has 4 aromatic carbocycles. The van der Waals surface area contributed by atoms with Crippen LogP contribution in [-0.2, 0) is 28.7 Å². The van der Waals surface area contributed by atoms with E-state index < -0.39 is 63.0 Å². The lowest BCUT2D eigenvalue weighted by atomic mass is 9.43. The second kappa shape index (κ2) is 9.69. The van der Waals surface area contributed by atoms with Crippen molar-refractivity contribution in [1.29, 1.82) is 0 Å². The number of esters is 1. The van der Waals surface area contributed by atoms with Crippen LogP contribution in [0, 0.1) is 29.1 Å². The number of rotatable bonds is 4. The Bertz CT molecular complexity index is 1990. The lowest BCUT2D eigenvalue weighted by molar-refractivity contribution is -0.152. The number of nitrogens with zero attached hydrogens (tertiary/aromatic N) is 2. The molecule has 2 bridgehead atoms. The van der Waals surface area contributed by atoms with E-state index in [0.717, 1.165) is 21.5 Å². The first-order valence-corrected chi connectivity index (χ1v) is 16.2. The molecule has 2 aliphatic heterocycles. The van der Waals surface area contributed by atoms with Crippen molar-refractivity contribution in [3.8, 4) is 0 Å². The molecule has 9 rings (SSSR count). The van der Waals surface area contributed by atoms with Gasteiger partial charge in [-0.1, -0.05) is 95.7 Å². The van der Waals surface area contributed by atoms with Gasteiger partial charge in [-0.15, -0.1) is 0 Å². The molecule has 0 N–H and O–H groups in total. The average Bonchev–Trinajstić information content (AvgIpc) is 3.49. The molecule has 0 spiro atoms. The van der Waals surface area contributed by atoms with Crippen LogP contribution in [0.4, 0.5) is 11.4 Å². The summed E-state index contributed by atoms with van der Waals surface area (Å²) in [6.45, 7) is 5.17. The van der Waals surface area contributed by atoms with Gasteiger partial charge in [0.15, 0.2) is 0 Å². The second-order valence-electron chi connectivity index (χ2n) is 12.7. The van der Waals surface area contributed by atoms with Crippen LogP contribution in [0.1, 0.15) is 20.8 Å². The quantitative estimate of drug-likeness (QED) is 0.150. The van der Waals surface area contributed by atoms with Crippen LogP contribution < -0.4 is 9.80 Å². The molecule has 1 saturated carbocycles. The summed E-state index contributed by atoms with van der Waals surface area (Å²) in [5.74, 6) is -6.92. The first-order chi connectivity index (χ1) is 22.1. The predicted molar refractivity (Wildman–Crippen MR) is 176 cm³/mol. The summed E-state index contributed by atoms with van der Waals surface area (Å²) in [5, 5.41) is 3.15. The minimum Gasteiger partial charge on any atom is -0.463 e. The third-order valence-electron chi connectivity index (χ3n) is 10.8. The molecule has 2 heterocycles. The molecule has 0 radical (unpaired) electrons. The number of fused-ring (bicyclic) bond motifs is 2. The molecular formula is C37H29BrN2O6. The van der Waals surface area contributed by atoms with Crippen LogP contribution in [0.25, 0.3) is 21.5 Å². The van der Waals surface area contributed by atoms with Crippen molar-refractivity contribution in [1.82, 2.24) is 0 Å². The number of hydrogen-bond acceptors (Lipinski definition) is 6. The number of benzene rings is 4. The zero-order valence-corrected chi connectivity index (χ0v) is 26.9. The molecule has 46 heavy (non-hydrogen) atoms. The molecule has 9 heteroatoms. The van der Waals surface area contributed by atoms with E-state index in [2.05, 4.69) is 15.9 Å². The number of amides is 4. The van der Waals surface area contributed by atoms with E-state index >= 15 is 0 Å². The van der Waals surface area contributed by atoms with Crippen molar-refractivity contribution < 1.29 is 28.7 Å². The average molecular weight is 678 g/mol. The number of allylic oxidation sites excluding steroid dienone is 1. The first kappa shape index (κ1) is 28.8. The largest absolute Gasteiger partial charge is 0.463 e. The zero-order valence-electron chi connectivity index (χ0n) is 25.3. The van der Waals surface area contributed by atoms with Crippen molar-refractivity contribution in [2.75, 3.05) is 16.4 Å². The van der Waals surface area contributed by atoms with Crippen molar-refractivity contribution in [2.24, 2.45) is 29.1 Å². The minimum atomic E-state index is -1.51. The monoisotopic (exact) mass is 676 g/mol. The second-order valence-corrected chi connectivity index (χ2v) is 14.0. The van der Waals surface area contributed by atoms with Crippen LogP contribution >= 0.6 is 15.9 Å². The third kappa shape index (κ3) is 3.31. The maximum absolute atomic E-state index is 14.8. The van der Waals surface area contributed by atoms with Crippen molar-refractivity contribution in [2.45, 2.75) is 25.1 Å². The van der Waals surface area contributed by atoms with Gasteiger partial charge in [0.05, 0.1) is 46.0 Å². The lowest BCUT2D eigenvalue weighted by Crippen LogP contribution is -2.67. The highest BCUT2D eigenvalue weighted by Crippen LogP contribution is 2.72. The maximum Gasteiger partial charge on any atom is 0.334 e. The number of alkyl halides is 1. The van der Waals surface area contributed by atoms with E-state index in [1.54, 1.807) is 45.0 Å². The summed E-state index contributed by atoms with van der Waals surface area (Å²) in [7, 11) is 0. The SMILES string of the molecule is CCOC(=O)C1=C(C)C2(Br)[C@@H]3C(=O)N(c4cccc5ccccc45)C(=O)[C@H]3C1(C)[C@H]1C(=O)N(c3cccc4ccccc34)C(=O)[C@H]12. The first-order valence-electron chi connectivity index (χ1n) is 15.4. The van der Waals surface area contributed by atoms with E-state index in [0.29, 0.717) is 16.9 Å². The van der Waals surface area contributed by atoms with Crippen molar-refractivity contribution in [3.05, 3.63) is 96.1 Å². The maximum atomic E-state index is 14.8. The summed E-state index contributed by atoms with van der Waals surface area (Å²) < 4.78 is 4.04. The molecule has 4 amide bonds. The number of carbonyl (C=O) groups excluding carboxylic acids is 5. The van der Waals surface area contributed by atoms with Gasteiger partial charge in [0, 0.05) is 21.8 Å². The summed E-state index contributed by atoms with van der Waals surface area (Å²) in [5.41, 5.74) is -0.0399. The van der Waals surface area contributed by atoms with Gasteiger partial charge in [0.2, 0.25) is 23.6 Å². The highest BCUT2D eigenvalue weighted by atomic mass is 79.9. The van der Waals surface area contributed by atoms with Crippen LogP contribution in [0.5, 0.6) is 0 Å². The number of anilines is 2. The molecule has 0 aromatic heterocycles. The Morgan fingerprint density at radius 2 is 1.11 bits per heavy atom. The Balaban J connectivity index is 1.36. The highest BCUT2D eigenvalue weighted by Gasteiger charge is 2.81. The van der Waals surface area contributed by atoms with Gasteiger partial charge in [-0.05, 0) is 42.3 Å². The fourth-order valence-electron chi connectivity index (χ4n) is 9.01. The Labute approximate surface area is 273 Å². The number of halogens is 1. The molecule has 8 nitrogen and oxygen atoms in total. The molecule has 3 fully saturated rings. The fraction of sp³-hybridized carbons (Fsp3) is 0.270. The van der Waals surface area contributed by atoms with E-state index in [9.17, 15) is 24.0 Å². The molecule has 3 aliphatic carbocycles. The molecule has 2 unspecified atom stereocenters. The van der Waals surface area contributed by atoms with Gasteiger partial charge >= 0.3 is 5.97 Å². The fourth-order valence-corrected chi connectivity index (χ4v) is 10.1. The Hall–Kier alpha value is -4.63. The summed E-state index contributed by atoms with van der Waals surface area (Å²) in [6.07, 6.45) is 0. The van der Waals surface area contributed by atoms with Gasteiger partial charge in [-0.3, -0.25) is 19.2 Å². The van der Waals surface area contributed by atoms with Crippen LogP contribution in [0.3, 0.4) is 0 Å². The standard InChI is InChI=1S/C37H29BrN2O6/c1-4-46-35(45)26-19(2)37(38)29-27(31(41)39(33(29)43)24-17-9-13-20-11-5-7-15-22(20)24)36(26,3)28-30(37)34(44)40(32(28)42)25-18-10-14-21-12-6-8-16-23(21)25/h5-18,27-30H,4H2,1-3H3/t27-,28+,29-,30-,36?,37?/m0/s1. The number of imide groups is 2. The molecule has 2 saturated heterocycles. The van der Waals surface area contributed by atoms with Crippen molar-refractivity contribution in [3.63, 3.8) is 0 Å². The predicted octanol–water partition coefficient (Wildman–Crippen LogP) is 5.95. The molecule has 6 atom stereocenters. The molecule has 4 aromatic rings. The lowest BCUT2D eigenvalue weighted by Gasteiger charge is -2.59. The third-order valence-corrected chi connectivity index (χ3v) is 12.4. The van der Waals surface area contributed by atoms with Gasteiger partial charge in [0.1, 0.15) is 0 Å². The van der Waals surface area contributed by atoms with Crippen LogP contribution in [0.2, 0.25) is 0 Å². The van der Waals surface area contributed by atoms with E-state index in [1.807, 2.05) is 60.7 Å². The zero-order chi connectivity index (χ0) is 32.3. The summed E-state index contributed by atoms with van der Waals surface area (Å²) >= 11 is 3.87. The molecular weight excluding hydrogens is 648 g/mol. The Morgan fingerprint density at radius 1 is 0.696 bits per heavy atom. The van der Waals surface area contributed by atoms with E-state index in [-0.39, 0.29) is 12.2 Å². The topological polar surface area (TPSA) is 101 Å². The van der Waals surface area contributed by atoms with Gasteiger partial charge in [-0.25, -0.2) is 14.6 Å². The Kier molecular flexibility index (Phi) is 6.07. The van der Waals surface area contributed by atoms with Crippen LogP contribution in [0.15, 0.2) is 96.1 Å². The minimum absolute atomic E-state index is 0.0766.